The van der Waals surface area contributed by atoms with Crippen molar-refractivity contribution in [2.24, 2.45) is 0 Å². The maximum absolute atomic E-state index is 5.42. The Labute approximate surface area is 131 Å². The average molecular weight is 302 g/mol. The molecular weight excluding hydrogens is 280 g/mol. The standard InChI is InChI=1S/C17H22N2O3/c1-12-5-6-13(10-19-12)9-18-11-14-7-16(21-3)17(22-4)8-15(14)20-2/h5-8,10,18H,9,11H2,1-4H3. The maximum Gasteiger partial charge on any atom is 0.164 e. The van der Waals surface area contributed by atoms with Crippen LogP contribution in [0.1, 0.15) is 16.8 Å². The second-order valence-electron chi connectivity index (χ2n) is 4.93. The van der Waals surface area contributed by atoms with Crippen LogP contribution in [-0.4, -0.2) is 26.3 Å². The van der Waals surface area contributed by atoms with Crippen LogP contribution >= 0.6 is 0 Å². The topological polar surface area (TPSA) is 52.6 Å². The third kappa shape index (κ3) is 3.89. The molecule has 0 saturated heterocycles. The monoisotopic (exact) mass is 302 g/mol. The number of rotatable bonds is 7. The minimum Gasteiger partial charge on any atom is -0.496 e. The van der Waals surface area contributed by atoms with Gasteiger partial charge in [0, 0.05) is 36.6 Å². The molecule has 1 heterocycles. The number of nitrogens with one attached hydrogen (secondary N) is 1. The van der Waals surface area contributed by atoms with Gasteiger partial charge >= 0.3 is 0 Å². The van der Waals surface area contributed by atoms with Gasteiger partial charge in [0.15, 0.2) is 11.5 Å². The molecular formula is C17H22N2O3. The third-order valence-electron chi connectivity index (χ3n) is 3.40. The van der Waals surface area contributed by atoms with Crippen molar-refractivity contribution in [1.82, 2.24) is 10.3 Å². The Balaban J connectivity index is 2.06. The summed E-state index contributed by atoms with van der Waals surface area (Å²) in [4.78, 5) is 4.29. The summed E-state index contributed by atoms with van der Waals surface area (Å²) in [5, 5.41) is 3.38. The predicted molar refractivity (Wildman–Crippen MR) is 85.6 cm³/mol. The van der Waals surface area contributed by atoms with Crippen molar-refractivity contribution in [3.8, 4) is 17.2 Å². The van der Waals surface area contributed by atoms with Gasteiger partial charge in [0.2, 0.25) is 0 Å². The summed E-state index contributed by atoms with van der Waals surface area (Å²) in [6.07, 6.45) is 1.88. The molecule has 0 radical (unpaired) electrons. The van der Waals surface area contributed by atoms with Gasteiger partial charge in [0.25, 0.3) is 0 Å². The summed E-state index contributed by atoms with van der Waals surface area (Å²) in [6, 6.07) is 7.84. The summed E-state index contributed by atoms with van der Waals surface area (Å²) in [6.45, 7) is 3.38. The van der Waals surface area contributed by atoms with E-state index in [1.165, 1.54) is 0 Å². The van der Waals surface area contributed by atoms with E-state index in [-0.39, 0.29) is 0 Å². The molecule has 0 aliphatic heterocycles. The fraction of sp³-hybridized carbons (Fsp3) is 0.353. The van der Waals surface area contributed by atoms with Crippen LogP contribution in [0.3, 0.4) is 0 Å². The second kappa shape index (κ2) is 7.66. The first kappa shape index (κ1) is 16.1. The summed E-state index contributed by atoms with van der Waals surface area (Å²) >= 11 is 0. The van der Waals surface area contributed by atoms with E-state index in [1.54, 1.807) is 21.3 Å². The Morgan fingerprint density at radius 2 is 1.59 bits per heavy atom. The van der Waals surface area contributed by atoms with E-state index in [1.807, 2.05) is 31.3 Å². The van der Waals surface area contributed by atoms with Gasteiger partial charge in [-0.3, -0.25) is 4.98 Å². The van der Waals surface area contributed by atoms with Crippen molar-refractivity contribution in [3.05, 3.63) is 47.3 Å². The first-order valence-electron chi connectivity index (χ1n) is 7.09. The highest BCUT2D eigenvalue weighted by molar-refractivity contribution is 5.50. The Bertz CT molecular complexity index is 612. The number of hydrogen-bond donors (Lipinski definition) is 1. The fourth-order valence-electron chi connectivity index (χ4n) is 2.18. The number of nitrogens with zero attached hydrogens (tertiary/aromatic N) is 1. The van der Waals surface area contributed by atoms with Crippen molar-refractivity contribution in [2.45, 2.75) is 20.0 Å². The van der Waals surface area contributed by atoms with Crippen molar-refractivity contribution < 1.29 is 14.2 Å². The summed E-state index contributed by atoms with van der Waals surface area (Å²) in [5.41, 5.74) is 3.18. The maximum atomic E-state index is 5.42. The Hall–Kier alpha value is -2.27. The van der Waals surface area contributed by atoms with Crippen molar-refractivity contribution in [1.29, 1.82) is 0 Å². The molecule has 0 amide bonds. The molecule has 5 heteroatoms. The molecule has 0 bridgehead atoms. The van der Waals surface area contributed by atoms with Gasteiger partial charge in [-0.05, 0) is 24.6 Å². The van der Waals surface area contributed by atoms with Gasteiger partial charge < -0.3 is 19.5 Å². The lowest BCUT2D eigenvalue weighted by Crippen LogP contribution is -2.14. The first-order valence-corrected chi connectivity index (χ1v) is 7.09. The van der Waals surface area contributed by atoms with Crippen LogP contribution in [0.25, 0.3) is 0 Å². The SMILES string of the molecule is COc1cc(OC)c(OC)cc1CNCc1ccc(C)nc1. The van der Waals surface area contributed by atoms with Gasteiger partial charge in [-0.2, -0.15) is 0 Å². The zero-order chi connectivity index (χ0) is 15.9. The zero-order valence-electron chi connectivity index (χ0n) is 13.5. The van der Waals surface area contributed by atoms with Crippen LogP contribution in [0.5, 0.6) is 17.2 Å². The van der Waals surface area contributed by atoms with Gasteiger partial charge in [0.05, 0.1) is 21.3 Å². The molecule has 0 aliphatic rings. The molecule has 1 aromatic carbocycles. The zero-order valence-corrected chi connectivity index (χ0v) is 13.5. The third-order valence-corrected chi connectivity index (χ3v) is 3.40. The number of aromatic nitrogens is 1. The molecule has 1 N–H and O–H groups in total. The highest BCUT2D eigenvalue weighted by atomic mass is 16.5. The number of aryl methyl sites for hydroxylation is 1. The van der Waals surface area contributed by atoms with Gasteiger partial charge in [-0.15, -0.1) is 0 Å². The molecule has 118 valence electrons. The predicted octanol–water partition coefficient (Wildman–Crippen LogP) is 2.71. The summed E-state index contributed by atoms with van der Waals surface area (Å²) < 4.78 is 16.0. The molecule has 2 aromatic rings. The average Bonchev–Trinajstić information content (AvgIpc) is 2.56. The number of pyridine rings is 1. The van der Waals surface area contributed by atoms with E-state index in [0.29, 0.717) is 18.0 Å². The van der Waals surface area contributed by atoms with E-state index in [4.69, 9.17) is 14.2 Å². The number of benzene rings is 1. The van der Waals surface area contributed by atoms with Crippen LogP contribution in [0.15, 0.2) is 30.5 Å². The van der Waals surface area contributed by atoms with E-state index in [0.717, 1.165) is 29.1 Å². The van der Waals surface area contributed by atoms with Crippen LogP contribution in [0, 0.1) is 6.92 Å². The smallest absolute Gasteiger partial charge is 0.164 e. The molecule has 0 spiro atoms. The van der Waals surface area contributed by atoms with Gasteiger partial charge in [-0.25, -0.2) is 0 Å². The lowest BCUT2D eigenvalue weighted by molar-refractivity contribution is 0.347. The van der Waals surface area contributed by atoms with Crippen LogP contribution in [0.2, 0.25) is 0 Å². The molecule has 1 aromatic heterocycles. The molecule has 0 unspecified atom stereocenters. The lowest BCUT2D eigenvalue weighted by Gasteiger charge is -2.14. The highest BCUT2D eigenvalue weighted by Gasteiger charge is 2.11. The number of hydrogen-bond acceptors (Lipinski definition) is 5. The van der Waals surface area contributed by atoms with E-state index in [9.17, 15) is 0 Å². The molecule has 5 nitrogen and oxygen atoms in total. The summed E-state index contributed by atoms with van der Waals surface area (Å²) in [7, 11) is 4.88. The lowest BCUT2D eigenvalue weighted by atomic mass is 10.1. The molecule has 0 fully saturated rings. The highest BCUT2D eigenvalue weighted by Crippen LogP contribution is 2.34. The molecule has 0 atom stereocenters. The summed E-state index contributed by atoms with van der Waals surface area (Å²) in [5.74, 6) is 2.12. The quantitative estimate of drug-likeness (QED) is 0.852. The normalized spacial score (nSPS) is 10.4. The number of ether oxygens (including phenoxy) is 3. The second-order valence-corrected chi connectivity index (χ2v) is 4.93. The van der Waals surface area contributed by atoms with Crippen molar-refractivity contribution in [2.75, 3.05) is 21.3 Å². The molecule has 2 rings (SSSR count). The van der Waals surface area contributed by atoms with Crippen molar-refractivity contribution in [3.63, 3.8) is 0 Å². The number of methoxy groups -OCH3 is 3. The van der Waals surface area contributed by atoms with Crippen LogP contribution in [0.4, 0.5) is 0 Å². The molecule has 0 saturated carbocycles. The van der Waals surface area contributed by atoms with E-state index >= 15 is 0 Å². The van der Waals surface area contributed by atoms with Crippen LogP contribution in [-0.2, 0) is 13.1 Å². The minimum atomic E-state index is 0.658. The van der Waals surface area contributed by atoms with E-state index < -0.39 is 0 Å². The first-order chi connectivity index (χ1) is 10.7. The van der Waals surface area contributed by atoms with Gasteiger partial charge in [-0.1, -0.05) is 6.07 Å². The Kier molecular flexibility index (Phi) is 5.61. The Morgan fingerprint density at radius 3 is 2.18 bits per heavy atom. The van der Waals surface area contributed by atoms with Crippen molar-refractivity contribution >= 4 is 0 Å². The Morgan fingerprint density at radius 1 is 0.909 bits per heavy atom. The minimum absolute atomic E-state index is 0.658. The largest absolute Gasteiger partial charge is 0.496 e. The van der Waals surface area contributed by atoms with E-state index in [2.05, 4.69) is 16.4 Å². The van der Waals surface area contributed by atoms with Gasteiger partial charge in [0.1, 0.15) is 5.75 Å². The van der Waals surface area contributed by atoms with Crippen LogP contribution < -0.4 is 19.5 Å². The fourth-order valence-corrected chi connectivity index (χ4v) is 2.18. The molecule has 0 aliphatic carbocycles. The molecule has 22 heavy (non-hydrogen) atoms.